The molecule has 0 unspecified atom stereocenters. The van der Waals surface area contributed by atoms with Gasteiger partial charge in [-0.25, -0.2) is 4.98 Å². The van der Waals surface area contributed by atoms with E-state index in [2.05, 4.69) is 26.7 Å². The number of nitriles is 1. The van der Waals surface area contributed by atoms with Crippen LogP contribution in [-0.4, -0.2) is 21.0 Å². The Balaban J connectivity index is 3.07. The molecular formula is C13H21N5. The molecule has 5 nitrogen and oxygen atoms in total. The summed E-state index contributed by atoms with van der Waals surface area (Å²) in [5.74, 6) is 1.08. The van der Waals surface area contributed by atoms with E-state index in [0.29, 0.717) is 17.3 Å². The SMILES string of the molecule is CC(C)(C)Nc1ncc(C#N)c(NC(C)(C)C)n1. The molecule has 0 saturated heterocycles. The summed E-state index contributed by atoms with van der Waals surface area (Å²) >= 11 is 0. The van der Waals surface area contributed by atoms with E-state index in [0.717, 1.165) is 0 Å². The first-order valence-corrected chi connectivity index (χ1v) is 5.94. The molecule has 0 aliphatic rings. The quantitative estimate of drug-likeness (QED) is 0.840. The zero-order valence-electron chi connectivity index (χ0n) is 11.9. The summed E-state index contributed by atoms with van der Waals surface area (Å²) < 4.78 is 0. The molecule has 1 aromatic heterocycles. The highest BCUT2D eigenvalue weighted by atomic mass is 15.2. The first-order chi connectivity index (χ1) is 8.11. The molecule has 0 aromatic carbocycles. The van der Waals surface area contributed by atoms with Crippen molar-refractivity contribution in [2.24, 2.45) is 0 Å². The van der Waals surface area contributed by atoms with Crippen LogP contribution in [0.1, 0.15) is 47.1 Å². The van der Waals surface area contributed by atoms with Gasteiger partial charge in [-0.3, -0.25) is 0 Å². The summed E-state index contributed by atoms with van der Waals surface area (Å²) in [4.78, 5) is 8.50. The number of nitrogens with one attached hydrogen (secondary N) is 2. The maximum absolute atomic E-state index is 9.05. The van der Waals surface area contributed by atoms with Gasteiger partial charge in [-0.2, -0.15) is 10.2 Å². The molecule has 5 heteroatoms. The Bertz CT molecular complexity index is 460. The molecular weight excluding hydrogens is 226 g/mol. The Labute approximate surface area is 109 Å². The molecule has 0 fully saturated rings. The average Bonchev–Trinajstić information content (AvgIpc) is 2.12. The smallest absolute Gasteiger partial charge is 0.225 e. The number of hydrogen-bond donors (Lipinski definition) is 2. The van der Waals surface area contributed by atoms with Gasteiger partial charge in [0.25, 0.3) is 0 Å². The minimum Gasteiger partial charge on any atom is -0.364 e. The lowest BCUT2D eigenvalue weighted by Crippen LogP contribution is -2.29. The molecule has 0 spiro atoms. The molecule has 0 aliphatic carbocycles. The van der Waals surface area contributed by atoms with Crippen LogP contribution in [0.2, 0.25) is 0 Å². The monoisotopic (exact) mass is 247 g/mol. The Morgan fingerprint density at radius 2 is 1.61 bits per heavy atom. The van der Waals surface area contributed by atoms with Gasteiger partial charge >= 0.3 is 0 Å². The van der Waals surface area contributed by atoms with E-state index in [9.17, 15) is 0 Å². The van der Waals surface area contributed by atoms with Gasteiger partial charge in [-0.05, 0) is 41.5 Å². The van der Waals surface area contributed by atoms with Crippen LogP contribution in [0.25, 0.3) is 0 Å². The Hall–Kier alpha value is -1.83. The number of aromatic nitrogens is 2. The first kappa shape index (κ1) is 14.2. The summed E-state index contributed by atoms with van der Waals surface area (Å²) in [6.45, 7) is 12.2. The van der Waals surface area contributed by atoms with Crippen molar-refractivity contribution in [1.29, 1.82) is 5.26 Å². The Morgan fingerprint density at radius 1 is 1.06 bits per heavy atom. The van der Waals surface area contributed by atoms with E-state index in [1.165, 1.54) is 6.20 Å². The number of hydrogen-bond acceptors (Lipinski definition) is 5. The maximum atomic E-state index is 9.05. The van der Waals surface area contributed by atoms with Crippen LogP contribution >= 0.6 is 0 Å². The van der Waals surface area contributed by atoms with Crippen molar-refractivity contribution >= 4 is 11.8 Å². The minimum atomic E-state index is -0.154. The van der Waals surface area contributed by atoms with Crippen molar-refractivity contribution in [3.05, 3.63) is 11.8 Å². The molecule has 1 aromatic rings. The van der Waals surface area contributed by atoms with Crippen molar-refractivity contribution in [2.75, 3.05) is 10.6 Å². The van der Waals surface area contributed by atoms with E-state index in [4.69, 9.17) is 5.26 Å². The second-order valence-corrected chi connectivity index (χ2v) is 6.32. The Morgan fingerprint density at radius 3 is 2.06 bits per heavy atom. The predicted octanol–water partition coefficient (Wildman–Crippen LogP) is 2.77. The third kappa shape index (κ3) is 4.58. The molecule has 0 radical (unpaired) electrons. The standard InChI is InChI=1S/C13H21N5/c1-12(2,3)17-10-9(7-14)8-15-11(16-10)18-13(4,5)6/h8H,1-6H3,(H2,15,16,17,18). The maximum Gasteiger partial charge on any atom is 0.225 e. The van der Waals surface area contributed by atoms with Crippen LogP contribution in [0.3, 0.4) is 0 Å². The predicted molar refractivity (Wildman–Crippen MR) is 73.5 cm³/mol. The highest BCUT2D eigenvalue weighted by Crippen LogP contribution is 2.19. The number of rotatable bonds is 2. The van der Waals surface area contributed by atoms with Gasteiger partial charge in [-0.1, -0.05) is 0 Å². The summed E-state index contributed by atoms with van der Waals surface area (Å²) in [6.07, 6.45) is 1.54. The summed E-state index contributed by atoms with van der Waals surface area (Å²) in [5, 5.41) is 15.4. The van der Waals surface area contributed by atoms with Crippen LogP contribution in [0, 0.1) is 11.3 Å². The zero-order valence-corrected chi connectivity index (χ0v) is 11.9. The average molecular weight is 247 g/mol. The van der Waals surface area contributed by atoms with Gasteiger partial charge in [0, 0.05) is 11.1 Å². The van der Waals surface area contributed by atoms with Gasteiger partial charge in [-0.15, -0.1) is 0 Å². The van der Waals surface area contributed by atoms with Crippen molar-refractivity contribution in [1.82, 2.24) is 9.97 Å². The summed E-state index contributed by atoms with van der Waals surface area (Å²) in [5.41, 5.74) is 0.177. The number of anilines is 2. The van der Waals surface area contributed by atoms with Crippen LogP contribution in [-0.2, 0) is 0 Å². The van der Waals surface area contributed by atoms with Crippen LogP contribution < -0.4 is 10.6 Å². The van der Waals surface area contributed by atoms with E-state index < -0.39 is 0 Å². The summed E-state index contributed by atoms with van der Waals surface area (Å²) in [7, 11) is 0. The Kier molecular flexibility index (Phi) is 3.80. The lowest BCUT2D eigenvalue weighted by molar-refractivity contribution is 0.620. The number of nitrogens with zero attached hydrogens (tertiary/aromatic N) is 3. The van der Waals surface area contributed by atoms with Gasteiger partial charge in [0.05, 0.1) is 6.20 Å². The van der Waals surface area contributed by atoms with Crippen molar-refractivity contribution in [3.63, 3.8) is 0 Å². The molecule has 0 saturated carbocycles. The molecule has 98 valence electrons. The minimum absolute atomic E-state index is 0.118. The molecule has 0 amide bonds. The van der Waals surface area contributed by atoms with Crippen LogP contribution in [0.5, 0.6) is 0 Å². The largest absolute Gasteiger partial charge is 0.364 e. The van der Waals surface area contributed by atoms with E-state index in [1.54, 1.807) is 0 Å². The zero-order chi connectivity index (χ0) is 14.0. The van der Waals surface area contributed by atoms with E-state index in [1.807, 2.05) is 41.5 Å². The normalized spacial score (nSPS) is 11.8. The van der Waals surface area contributed by atoms with Crippen LogP contribution in [0.15, 0.2) is 6.20 Å². The lowest BCUT2D eigenvalue weighted by atomic mass is 10.1. The molecule has 0 atom stereocenters. The van der Waals surface area contributed by atoms with Crippen molar-refractivity contribution in [3.8, 4) is 6.07 Å². The van der Waals surface area contributed by atoms with Gasteiger partial charge < -0.3 is 10.6 Å². The molecule has 1 heterocycles. The lowest BCUT2D eigenvalue weighted by Gasteiger charge is -2.24. The van der Waals surface area contributed by atoms with E-state index in [-0.39, 0.29) is 11.1 Å². The fraction of sp³-hybridized carbons (Fsp3) is 0.615. The second kappa shape index (κ2) is 4.81. The fourth-order valence-electron chi connectivity index (χ4n) is 1.31. The third-order valence-electron chi connectivity index (χ3n) is 1.89. The first-order valence-electron chi connectivity index (χ1n) is 5.94. The highest BCUT2D eigenvalue weighted by molar-refractivity contribution is 5.54. The molecule has 2 N–H and O–H groups in total. The molecule has 18 heavy (non-hydrogen) atoms. The highest BCUT2D eigenvalue weighted by Gasteiger charge is 2.17. The van der Waals surface area contributed by atoms with Crippen molar-refractivity contribution < 1.29 is 0 Å². The fourth-order valence-corrected chi connectivity index (χ4v) is 1.31. The van der Waals surface area contributed by atoms with Gasteiger partial charge in [0.15, 0.2) is 0 Å². The summed E-state index contributed by atoms with van der Waals surface area (Å²) in [6, 6.07) is 2.09. The van der Waals surface area contributed by atoms with Gasteiger partial charge in [0.1, 0.15) is 17.5 Å². The third-order valence-corrected chi connectivity index (χ3v) is 1.89. The van der Waals surface area contributed by atoms with E-state index >= 15 is 0 Å². The molecule has 1 rings (SSSR count). The molecule has 0 bridgehead atoms. The van der Waals surface area contributed by atoms with Crippen LogP contribution in [0.4, 0.5) is 11.8 Å². The topological polar surface area (TPSA) is 73.6 Å². The molecule has 0 aliphatic heterocycles. The van der Waals surface area contributed by atoms with Crippen molar-refractivity contribution in [2.45, 2.75) is 52.6 Å². The van der Waals surface area contributed by atoms with Gasteiger partial charge in [0.2, 0.25) is 5.95 Å². The second-order valence-electron chi connectivity index (χ2n) is 6.32.